The number of hydrogen-bond donors (Lipinski definition) is 2. The maximum absolute atomic E-state index is 12.9. The van der Waals surface area contributed by atoms with Gasteiger partial charge in [0.25, 0.3) is 0 Å². The van der Waals surface area contributed by atoms with Crippen molar-refractivity contribution in [2.24, 2.45) is 0 Å². The lowest BCUT2D eigenvalue weighted by Gasteiger charge is -2.10. The highest BCUT2D eigenvalue weighted by atomic mass is 32.2. The third-order valence-electron chi connectivity index (χ3n) is 4.96. The van der Waals surface area contributed by atoms with Gasteiger partial charge in [-0.15, -0.1) is 0 Å². The fraction of sp³-hybridized carbons (Fsp3) is 0.471. The van der Waals surface area contributed by atoms with Crippen LogP contribution >= 0.6 is 0 Å². The third-order valence-corrected chi connectivity index (χ3v) is 6.54. The number of aromatic nitrogens is 4. The highest BCUT2D eigenvalue weighted by Crippen LogP contribution is 2.27. The van der Waals surface area contributed by atoms with E-state index in [1.54, 1.807) is 13.0 Å². The highest BCUT2D eigenvalue weighted by Gasteiger charge is 2.25. The lowest BCUT2D eigenvalue weighted by molar-refractivity contribution is 0.315. The van der Waals surface area contributed by atoms with E-state index in [0.29, 0.717) is 11.1 Å². The Hall–Kier alpha value is -2.26. The van der Waals surface area contributed by atoms with E-state index in [0.717, 1.165) is 48.2 Å². The van der Waals surface area contributed by atoms with E-state index in [-0.39, 0.29) is 17.0 Å². The van der Waals surface area contributed by atoms with Crippen molar-refractivity contribution >= 4 is 21.1 Å². The number of nitrogens with one attached hydrogen (secondary N) is 2. The summed E-state index contributed by atoms with van der Waals surface area (Å²) in [6, 6.07) is 1.78. The largest absolute Gasteiger partial charge is 0.282 e. The van der Waals surface area contributed by atoms with Crippen molar-refractivity contribution < 1.29 is 13.0 Å². The molecule has 26 heavy (non-hydrogen) atoms. The van der Waals surface area contributed by atoms with E-state index in [4.69, 9.17) is 4.63 Å². The number of aromatic amines is 1. The number of benzene rings is 1. The summed E-state index contributed by atoms with van der Waals surface area (Å²) in [5.41, 5.74) is 5.21. The average Bonchev–Trinajstić information content (AvgIpc) is 3.14. The molecular weight excluding hydrogens is 354 g/mol. The Bertz CT molecular complexity index is 1070. The first kappa shape index (κ1) is 17.2. The van der Waals surface area contributed by atoms with Crippen molar-refractivity contribution in [3.05, 3.63) is 34.1 Å². The smallest absolute Gasteiger partial charge is 0.243 e. The van der Waals surface area contributed by atoms with Crippen LogP contribution in [0.3, 0.4) is 0 Å². The number of aryl methyl sites for hydroxylation is 3. The Kier molecular flexibility index (Phi) is 4.28. The molecule has 0 radical (unpaired) electrons. The quantitative estimate of drug-likeness (QED) is 0.677. The Balaban J connectivity index is 1.65. The van der Waals surface area contributed by atoms with Gasteiger partial charge in [0.15, 0.2) is 5.52 Å². The van der Waals surface area contributed by atoms with Crippen LogP contribution < -0.4 is 4.72 Å². The highest BCUT2D eigenvalue weighted by molar-refractivity contribution is 7.89. The van der Waals surface area contributed by atoms with E-state index in [1.807, 2.05) is 6.92 Å². The number of H-pyrrole nitrogens is 1. The lowest BCUT2D eigenvalue weighted by Crippen LogP contribution is -2.25. The first-order chi connectivity index (χ1) is 12.5. The fourth-order valence-electron chi connectivity index (χ4n) is 3.69. The molecule has 2 N–H and O–H groups in total. The monoisotopic (exact) mass is 375 g/mol. The third kappa shape index (κ3) is 2.90. The zero-order valence-corrected chi connectivity index (χ0v) is 15.6. The standard InChI is InChI=1S/C17H21N5O3S/c1-10-8-11(2)17(16-15(10)21-25-22-16)26(23,24)18-9-14-12-6-4-3-5-7-13(12)19-20-14/h8,18H,3-7,9H2,1-2H3,(H,19,20). The molecule has 0 saturated heterocycles. The Morgan fingerprint density at radius 2 is 1.88 bits per heavy atom. The van der Waals surface area contributed by atoms with Crippen LogP contribution in [0.15, 0.2) is 15.6 Å². The van der Waals surface area contributed by atoms with Crippen LogP contribution in [-0.2, 0) is 29.4 Å². The van der Waals surface area contributed by atoms with E-state index < -0.39 is 10.0 Å². The average molecular weight is 375 g/mol. The molecule has 0 unspecified atom stereocenters. The van der Waals surface area contributed by atoms with Crippen molar-refractivity contribution in [3.63, 3.8) is 0 Å². The van der Waals surface area contributed by atoms with Gasteiger partial charge >= 0.3 is 0 Å². The van der Waals surface area contributed by atoms with E-state index in [2.05, 4.69) is 25.2 Å². The van der Waals surface area contributed by atoms with Crippen LogP contribution in [0.4, 0.5) is 0 Å². The zero-order valence-electron chi connectivity index (χ0n) is 14.8. The van der Waals surface area contributed by atoms with Crippen molar-refractivity contribution in [2.45, 2.75) is 57.4 Å². The van der Waals surface area contributed by atoms with Crippen LogP contribution in [-0.4, -0.2) is 28.9 Å². The van der Waals surface area contributed by atoms with Gasteiger partial charge in [-0.25, -0.2) is 17.8 Å². The molecule has 0 saturated carbocycles. The first-order valence-corrected chi connectivity index (χ1v) is 10.2. The molecule has 1 aliphatic carbocycles. The molecule has 3 aromatic rings. The van der Waals surface area contributed by atoms with Crippen LogP contribution in [0.25, 0.3) is 11.0 Å². The molecule has 0 amide bonds. The van der Waals surface area contributed by atoms with Gasteiger partial charge in [0.05, 0.1) is 12.2 Å². The lowest BCUT2D eigenvalue weighted by atomic mass is 10.1. The normalized spacial score (nSPS) is 15.2. The second-order valence-corrected chi connectivity index (χ2v) is 8.52. The number of fused-ring (bicyclic) bond motifs is 2. The number of nitrogens with zero attached hydrogens (tertiary/aromatic N) is 3. The van der Waals surface area contributed by atoms with Gasteiger partial charge in [-0.1, -0.05) is 12.5 Å². The van der Waals surface area contributed by atoms with Gasteiger partial charge in [0.2, 0.25) is 10.0 Å². The summed E-state index contributed by atoms with van der Waals surface area (Å²) in [5.74, 6) is 0. The summed E-state index contributed by atoms with van der Waals surface area (Å²) in [4.78, 5) is 0.112. The van der Waals surface area contributed by atoms with Crippen LogP contribution in [0.1, 0.15) is 47.3 Å². The van der Waals surface area contributed by atoms with E-state index in [1.165, 1.54) is 6.42 Å². The van der Waals surface area contributed by atoms with E-state index in [9.17, 15) is 8.42 Å². The predicted molar refractivity (Wildman–Crippen MR) is 95.2 cm³/mol. The Morgan fingerprint density at radius 3 is 2.73 bits per heavy atom. The Morgan fingerprint density at radius 1 is 1.12 bits per heavy atom. The topological polar surface area (TPSA) is 114 Å². The van der Waals surface area contributed by atoms with Gasteiger partial charge in [0.1, 0.15) is 10.4 Å². The maximum Gasteiger partial charge on any atom is 0.243 e. The molecule has 1 aromatic carbocycles. The molecule has 0 fully saturated rings. The molecule has 9 heteroatoms. The molecule has 2 heterocycles. The fourth-order valence-corrected chi connectivity index (χ4v) is 5.03. The number of hydrogen-bond acceptors (Lipinski definition) is 6. The van der Waals surface area contributed by atoms with Gasteiger partial charge in [-0.2, -0.15) is 5.10 Å². The Labute approximate surface area is 151 Å². The number of sulfonamides is 1. The summed E-state index contributed by atoms with van der Waals surface area (Å²) in [6.07, 6.45) is 5.34. The van der Waals surface area contributed by atoms with Crippen LogP contribution in [0.2, 0.25) is 0 Å². The molecule has 0 bridgehead atoms. The van der Waals surface area contributed by atoms with Crippen LogP contribution in [0, 0.1) is 13.8 Å². The van der Waals surface area contributed by atoms with Crippen molar-refractivity contribution in [2.75, 3.05) is 0 Å². The second kappa shape index (κ2) is 6.48. The van der Waals surface area contributed by atoms with E-state index >= 15 is 0 Å². The minimum absolute atomic E-state index is 0.112. The van der Waals surface area contributed by atoms with Crippen molar-refractivity contribution in [1.29, 1.82) is 0 Å². The number of rotatable bonds is 4. The summed E-state index contributed by atoms with van der Waals surface area (Å²) >= 11 is 0. The second-order valence-electron chi connectivity index (χ2n) is 6.81. The van der Waals surface area contributed by atoms with Crippen molar-refractivity contribution in [1.82, 2.24) is 25.2 Å². The summed E-state index contributed by atoms with van der Waals surface area (Å²) in [6.45, 7) is 3.74. The molecule has 0 spiro atoms. The molecule has 0 aliphatic heterocycles. The van der Waals surface area contributed by atoms with Gasteiger partial charge in [-0.3, -0.25) is 5.10 Å². The summed E-state index contributed by atoms with van der Waals surface area (Å²) < 4.78 is 33.3. The molecule has 0 atom stereocenters. The molecule has 4 rings (SSSR count). The predicted octanol–water partition coefficient (Wildman–Crippen LogP) is 2.31. The summed E-state index contributed by atoms with van der Waals surface area (Å²) in [5, 5.41) is 15.0. The van der Waals surface area contributed by atoms with Crippen molar-refractivity contribution in [3.8, 4) is 0 Å². The SMILES string of the molecule is Cc1cc(C)c2nonc2c1S(=O)(=O)NCc1n[nH]c2c1CCCCC2. The first-order valence-electron chi connectivity index (χ1n) is 8.74. The summed E-state index contributed by atoms with van der Waals surface area (Å²) in [7, 11) is -3.78. The zero-order chi connectivity index (χ0) is 18.3. The van der Waals surface area contributed by atoms with Gasteiger partial charge in [0, 0.05) is 5.69 Å². The van der Waals surface area contributed by atoms with Gasteiger partial charge in [-0.05, 0) is 66.5 Å². The van der Waals surface area contributed by atoms with Crippen LogP contribution in [0.5, 0.6) is 0 Å². The molecule has 138 valence electrons. The minimum Gasteiger partial charge on any atom is -0.282 e. The molecule has 2 aromatic heterocycles. The minimum atomic E-state index is -3.78. The van der Waals surface area contributed by atoms with Gasteiger partial charge < -0.3 is 0 Å². The maximum atomic E-state index is 12.9. The molecular formula is C17H21N5O3S. The molecule has 8 nitrogen and oxygen atoms in total. The molecule has 1 aliphatic rings.